The minimum atomic E-state index is -0.578. The van der Waals surface area contributed by atoms with E-state index in [-0.39, 0.29) is 6.54 Å². The summed E-state index contributed by atoms with van der Waals surface area (Å²) in [6, 6.07) is 19.9. The lowest BCUT2D eigenvalue weighted by atomic mass is 10.1. The van der Waals surface area contributed by atoms with Crippen LogP contribution in [0.3, 0.4) is 0 Å². The highest BCUT2D eigenvalue weighted by atomic mass is 16.6. The highest BCUT2D eigenvalue weighted by Gasteiger charge is 2.25. The van der Waals surface area contributed by atoms with Crippen molar-refractivity contribution in [3.8, 4) is 17.2 Å². The highest BCUT2D eigenvalue weighted by Crippen LogP contribution is 2.30. The first kappa shape index (κ1) is 31.6. The number of carbonyl (C=O) groups excluding carboxylic acids is 1. The third-order valence-electron chi connectivity index (χ3n) is 8.20. The first-order valence-corrected chi connectivity index (χ1v) is 15.1. The van der Waals surface area contributed by atoms with Gasteiger partial charge in [-0.2, -0.15) is 4.98 Å². The van der Waals surface area contributed by atoms with Gasteiger partial charge >= 0.3 is 6.09 Å². The number of hydrogen-bond donors (Lipinski definition) is 1. The summed E-state index contributed by atoms with van der Waals surface area (Å²) in [5.74, 6) is 2.50. The molecule has 45 heavy (non-hydrogen) atoms. The van der Waals surface area contributed by atoms with Gasteiger partial charge in [-0.3, -0.25) is 4.90 Å². The maximum atomic E-state index is 13.9. The first-order chi connectivity index (χ1) is 21.6. The van der Waals surface area contributed by atoms with Crippen LogP contribution in [0.5, 0.6) is 17.2 Å². The van der Waals surface area contributed by atoms with Gasteiger partial charge in [0, 0.05) is 48.8 Å². The first-order valence-electron chi connectivity index (χ1n) is 15.1. The third-order valence-corrected chi connectivity index (χ3v) is 8.20. The molecule has 1 N–H and O–H groups in total. The molecule has 1 atom stereocenters. The maximum Gasteiger partial charge on any atom is 0.421 e. The molecule has 10 heteroatoms. The lowest BCUT2D eigenvalue weighted by Crippen LogP contribution is -2.50. The number of piperazine rings is 1. The molecule has 1 fully saturated rings. The molecule has 0 spiro atoms. The molecule has 3 aromatic carbocycles. The van der Waals surface area contributed by atoms with Crippen LogP contribution in [0, 0.1) is 20.8 Å². The molecule has 1 aromatic heterocycles. The zero-order valence-electron chi connectivity index (χ0n) is 27.1. The Bertz CT molecular complexity index is 1620. The standard InChI is InChI=1S/C35H42N6O4/c1-23-18-24(2)33(25(3)19-23)45-35(42)41(22-27-20-30(43-6)12-13-31(27)44-7)32-14-15-36-34(38-32)37-28-8-10-29(11-9-28)40-17-16-39(5)26(4)21-40/h8-15,18-20,26H,16-17,21-22H2,1-7H3,(H,36,37,38). The number of carbonyl (C=O) groups is 1. The van der Waals surface area contributed by atoms with Crippen molar-refractivity contribution in [2.75, 3.05) is 56.0 Å². The van der Waals surface area contributed by atoms with Gasteiger partial charge in [-0.1, -0.05) is 17.7 Å². The van der Waals surface area contributed by atoms with E-state index in [1.807, 2.05) is 63.2 Å². The van der Waals surface area contributed by atoms with Crippen LogP contribution in [0.1, 0.15) is 29.2 Å². The number of aryl methyl sites for hydroxylation is 3. The van der Waals surface area contributed by atoms with Crippen LogP contribution in [0.15, 0.2) is 66.9 Å². The van der Waals surface area contributed by atoms with Gasteiger partial charge in [0.15, 0.2) is 0 Å². The lowest BCUT2D eigenvalue weighted by Gasteiger charge is -2.39. The number of anilines is 4. The second-order valence-corrected chi connectivity index (χ2v) is 11.5. The summed E-state index contributed by atoms with van der Waals surface area (Å²) in [6.07, 6.45) is 1.04. The summed E-state index contributed by atoms with van der Waals surface area (Å²) in [6.45, 7) is 11.3. The van der Waals surface area contributed by atoms with Crippen molar-refractivity contribution in [1.29, 1.82) is 0 Å². The number of nitrogens with zero attached hydrogens (tertiary/aromatic N) is 5. The molecule has 0 saturated carbocycles. The fourth-order valence-electron chi connectivity index (χ4n) is 5.61. The van der Waals surface area contributed by atoms with Crippen LogP contribution in [0.2, 0.25) is 0 Å². The monoisotopic (exact) mass is 610 g/mol. The molecule has 5 rings (SSSR count). The second-order valence-electron chi connectivity index (χ2n) is 11.5. The molecule has 1 aliphatic rings. The number of rotatable bonds is 9. The number of benzene rings is 3. The van der Waals surface area contributed by atoms with E-state index < -0.39 is 6.09 Å². The molecule has 2 heterocycles. The van der Waals surface area contributed by atoms with Gasteiger partial charge in [0.25, 0.3) is 0 Å². The molecule has 10 nitrogen and oxygen atoms in total. The minimum absolute atomic E-state index is 0.123. The number of likely N-dealkylation sites (N-methyl/N-ethyl adjacent to an activating group) is 1. The zero-order valence-corrected chi connectivity index (χ0v) is 27.1. The van der Waals surface area contributed by atoms with E-state index in [4.69, 9.17) is 19.2 Å². The van der Waals surface area contributed by atoms with Crippen LogP contribution >= 0.6 is 0 Å². The van der Waals surface area contributed by atoms with Crippen molar-refractivity contribution < 1.29 is 19.0 Å². The lowest BCUT2D eigenvalue weighted by molar-refractivity contribution is 0.206. The molecule has 0 bridgehead atoms. The Balaban J connectivity index is 1.42. The van der Waals surface area contributed by atoms with Gasteiger partial charge < -0.3 is 29.3 Å². The average molecular weight is 611 g/mol. The van der Waals surface area contributed by atoms with Crippen molar-refractivity contribution in [3.63, 3.8) is 0 Å². The molecule has 0 aliphatic carbocycles. The fraction of sp³-hybridized carbons (Fsp3) is 0.343. The summed E-state index contributed by atoms with van der Waals surface area (Å²) in [7, 11) is 5.36. The van der Waals surface area contributed by atoms with E-state index in [2.05, 4.69) is 46.2 Å². The Hall–Kier alpha value is -4.83. The molecule has 1 saturated heterocycles. The Kier molecular flexibility index (Phi) is 9.73. The topological polar surface area (TPSA) is 92.3 Å². The number of methoxy groups -OCH3 is 2. The Morgan fingerprint density at radius 2 is 1.71 bits per heavy atom. The van der Waals surface area contributed by atoms with E-state index in [0.29, 0.717) is 35.1 Å². The minimum Gasteiger partial charge on any atom is -0.497 e. The van der Waals surface area contributed by atoms with Crippen LogP contribution in [0.4, 0.5) is 27.9 Å². The molecule has 1 unspecified atom stereocenters. The summed E-state index contributed by atoms with van der Waals surface area (Å²) >= 11 is 0. The average Bonchev–Trinajstić information content (AvgIpc) is 3.03. The van der Waals surface area contributed by atoms with Gasteiger partial charge in [-0.25, -0.2) is 9.78 Å². The second kappa shape index (κ2) is 13.9. The predicted molar refractivity (Wildman–Crippen MR) is 178 cm³/mol. The number of nitrogens with one attached hydrogen (secondary N) is 1. The SMILES string of the molecule is COc1ccc(OC)c(CN(C(=O)Oc2c(C)cc(C)cc2C)c2ccnc(Nc3ccc(N4CCN(C)C(C)C4)cc3)n2)c1. The van der Waals surface area contributed by atoms with Crippen LogP contribution in [-0.2, 0) is 6.54 Å². The van der Waals surface area contributed by atoms with E-state index in [1.54, 1.807) is 26.5 Å². The zero-order chi connectivity index (χ0) is 32.1. The maximum absolute atomic E-state index is 13.9. The third kappa shape index (κ3) is 7.46. The molecule has 0 radical (unpaired) electrons. The Morgan fingerprint density at radius 3 is 2.38 bits per heavy atom. The van der Waals surface area contributed by atoms with Gasteiger partial charge in [0.05, 0.1) is 20.8 Å². The summed E-state index contributed by atoms with van der Waals surface area (Å²) < 4.78 is 17.1. The molecule has 1 amide bonds. The van der Waals surface area contributed by atoms with Crippen molar-refractivity contribution in [2.24, 2.45) is 0 Å². The predicted octanol–water partition coefficient (Wildman–Crippen LogP) is 6.51. The number of hydrogen-bond acceptors (Lipinski definition) is 9. The van der Waals surface area contributed by atoms with E-state index in [9.17, 15) is 4.79 Å². The van der Waals surface area contributed by atoms with E-state index in [0.717, 1.165) is 47.6 Å². The van der Waals surface area contributed by atoms with Crippen molar-refractivity contribution in [1.82, 2.24) is 14.9 Å². The van der Waals surface area contributed by atoms with Gasteiger partial charge in [-0.05, 0) is 94.4 Å². The van der Waals surface area contributed by atoms with Crippen LogP contribution in [0.25, 0.3) is 0 Å². The summed E-state index contributed by atoms with van der Waals surface area (Å²) in [5, 5.41) is 3.29. The Labute approximate surface area is 265 Å². The number of ether oxygens (including phenoxy) is 3. The molecular weight excluding hydrogens is 568 g/mol. The van der Waals surface area contributed by atoms with E-state index in [1.165, 1.54) is 10.6 Å². The van der Waals surface area contributed by atoms with Gasteiger partial charge in [0.1, 0.15) is 23.1 Å². The molecule has 236 valence electrons. The van der Waals surface area contributed by atoms with E-state index >= 15 is 0 Å². The summed E-state index contributed by atoms with van der Waals surface area (Å²) in [4.78, 5) is 29.3. The summed E-state index contributed by atoms with van der Waals surface area (Å²) in [5.41, 5.74) is 5.60. The van der Waals surface area contributed by atoms with Gasteiger partial charge in [-0.15, -0.1) is 0 Å². The number of amides is 1. The smallest absolute Gasteiger partial charge is 0.421 e. The largest absolute Gasteiger partial charge is 0.497 e. The normalized spacial score (nSPS) is 15.0. The van der Waals surface area contributed by atoms with Crippen LogP contribution < -0.4 is 29.3 Å². The van der Waals surface area contributed by atoms with Crippen molar-refractivity contribution >= 4 is 29.2 Å². The quantitative estimate of drug-likeness (QED) is 0.228. The van der Waals surface area contributed by atoms with Crippen molar-refractivity contribution in [3.05, 3.63) is 89.1 Å². The highest BCUT2D eigenvalue weighted by molar-refractivity contribution is 5.88. The molecule has 4 aromatic rings. The fourth-order valence-corrected chi connectivity index (χ4v) is 5.61. The molecule has 1 aliphatic heterocycles. The van der Waals surface area contributed by atoms with Gasteiger partial charge in [0.2, 0.25) is 5.95 Å². The number of aromatic nitrogens is 2. The molecular formula is C35H42N6O4. The van der Waals surface area contributed by atoms with Crippen LogP contribution in [-0.4, -0.2) is 67.9 Å². The van der Waals surface area contributed by atoms with Crippen molar-refractivity contribution in [2.45, 2.75) is 40.3 Å². The Morgan fingerprint density at radius 1 is 0.978 bits per heavy atom.